The lowest BCUT2D eigenvalue weighted by Crippen LogP contribution is -2.05. The molecule has 90 heavy (non-hydrogen) atoms. The molecule has 0 bridgehead atoms. The van der Waals surface area contributed by atoms with E-state index in [2.05, 4.69) is 25.0 Å². The van der Waals surface area contributed by atoms with E-state index >= 15 is 0 Å². The number of azide groups is 1. The molecule has 3 heterocycles. The summed E-state index contributed by atoms with van der Waals surface area (Å²) in [5.41, 5.74) is 9.08. The van der Waals surface area contributed by atoms with Gasteiger partial charge in [-0.3, -0.25) is 24.0 Å². The van der Waals surface area contributed by atoms with Crippen molar-refractivity contribution in [2.75, 3.05) is 42.7 Å². The number of nitrogens with zero attached hydrogens (tertiary/aromatic N) is 5. The van der Waals surface area contributed by atoms with Crippen LogP contribution in [0.25, 0.3) is 54.9 Å². The molecule has 9 rings (SSSR count). The summed E-state index contributed by atoms with van der Waals surface area (Å²) in [6, 6.07) is 23.9. The third kappa shape index (κ3) is 23.4. The number of carboxylic acid groups (broad SMARTS) is 3. The Labute approximate surface area is 510 Å². The number of aliphatic carboxylic acids is 3. The van der Waals surface area contributed by atoms with Crippen molar-refractivity contribution in [2.45, 2.75) is 6.42 Å². The molecule has 9 aromatic rings. The second-order valence-corrected chi connectivity index (χ2v) is 17.1. The SMILES string of the molecule is COc1cc(F)cc2c(=O)[nH]ccc12.COc1cc(F)cc2c(Cl)nccc12.COc1cc(F)cc2c(F)nccc12.COc1cc(F)ccc1/C=C/C(=O)N=[N+]=[N-].COc1cc(F)ccc1/C=C/C(=O)O.COc1cc(F)ccc1C=O.O=C(O)CC(=O)O. The predicted octanol–water partition coefficient (Wildman–Crippen LogP) is 13.0. The molecule has 0 radical (unpaired) electrons. The fourth-order valence-corrected chi connectivity index (χ4v) is 7.27. The summed E-state index contributed by atoms with van der Waals surface area (Å²) in [5.74, 6) is -5.77. The normalized spacial score (nSPS) is 10.0. The van der Waals surface area contributed by atoms with Crippen LogP contribution in [0.1, 0.15) is 27.9 Å². The number of hydrogen-bond acceptors (Lipinski definition) is 14. The van der Waals surface area contributed by atoms with E-state index in [0.29, 0.717) is 73.3 Å². The lowest BCUT2D eigenvalue weighted by molar-refractivity contribution is -0.147. The Morgan fingerprint density at radius 1 is 0.522 bits per heavy atom. The molecule has 1 amide bonds. The summed E-state index contributed by atoms with van der Waals surface area (Å²) in [4.78, 5) is 73.7. The van der Waals surface area contributed by atoms with Crippen LogP contribution < -0.4 is 34.0 Å². The van der Waals surface area contributed by atoms with Crippen molar-refractivity contribution in [3.8, 4) is 34.5 Å². The molecule has 29 heteroatoms. The summed E-state index contributed by atoms with van der Waals surface area (Å²) in [6.45, 7) is 0. The molecule has 6 aromatic carbocycles. The Hall–Kier alpha value is -11.5. The zero-order valence-corrected chi connectivity index (χ0v) is 48.5. The fraction of sp³-hybridized carbons (Fsp3) is 0.115. The number of amides is 1. The highest BCUT2D eigenvalue weighted by Gasteiger charge is 2.11. The molecule has 3 aromatic heterocycles. The minimum absolute atomic E-state index is 0.129. The highest BCUT2D eigenvalue weighted by molar-refractivity contribution is 6.34. The minimum atomic E-state index is -1.31. The van der Waals surface area contributed by atoms with Crippen molar-refractivity contribution in [2.24, 2.45) is 5.11 Å². The average molecular weight is 1280 g/mol. The number of aromatic amines is 1. The molecule has 470 valence electrons. The highest BCUT2D eigenvalue weighted by atomic mass is 35.5. The second-order valence-electron chi connectivity index (χ2n) is 16.8. The van der Waals surface area contributed by atoms with Gasteiger partial charge in [0, 0.05) is 104 Å². The number of aldehydes is 1. The van der Waals surface area contributed by atoms with E-state index in [1.54, 1.807) is 24.4 Å². The number of carbonyl (C=O) groups is 5. The first-order valence-electron chi connectivity index (χ1n) is 24.9. The molecule has 0 unspecified atom stereocenters. The van der Waals surface area contributed by atoms with E-state index in [1.807, 2.05) is 0 Å². The summed E-state index contributed by atoms with van der Waals surface area (Å²) in [5, 5.41) is 29.8. The maximum atomic E-state index is 13.1. The van der Waals surface area contributed by atoms with Crippen molar-refractivity contribution >= 4 is 86.2 Å². The van der Waals surface area contributed by atoms with Gasteiger partial charge in [0.25, 0.3) is 5.56 Å². The van der Waals surface area contributed by atoms with Crippen LogP contribution in [0.4, 0.5) is 30.7 Å². The van der Waals surface area contributed by atoms with Gasteiger partial charge < -0.3 is 48.7 Å². The number of ether oxygens (including phenoxy) is 6. The zero-order valence-electron chi connectivity index (χ0n) is 47.7. The second kappa shape index (κ2) is 37.1. The topological polar surface area (TPSA) is 309 Å². The lowest BCUT2D eigenvalue weighted by Gasteiger charge is -2.05. The maximum Gasteiger partial charge on any atom is 0.328 e. The number of halogens is 8. The number of pyridine rings is 3. The molecule has 0 aliphatic carbocycles. The largest absolute Gasteiger partial charge is 0.496 e. The van der Waals surface area contributed by atoms with Gasteiger partial charge in [-0.25, -0.2) is 41.1 Å². The smallest absolute Gasteiger partial charge is 0.328 e. The van der Waals surface area contributed by atoms with Gasteiger partial charge in [0.05, 0.1) is 53.6 Å². The monoisotopic (exact) mass is 1270 g/mol. The van der Waals surface area contributed by atoms with Crippen LogP contribution in [0.5, 0.6) is 34.5 Å². The van der Waals surface area contributed by atoms with Crippen molar-refractivity contribution in [3.63, 3.8) is 0 Å². The highest BCUT2D eigenvalue weighted by Crippen LogP contribution is 2.31. The number of H-pyrrole nitrogens is 1. The Kier molecular flexibility index (Phi) is 30.0. The summed E-state index contributed by atoms with van der Waals surface area (Å²) in [7, 11) is 8.51. The van der Waals surface area contributed by atoms with Gasteiger partial charge in [0.2, 0.25) is 11.9 Å². The molecular weight excluding hydrogens is 1230 g/mol. The quantitative estimate of drug-likeness (QED) is 0.0122. The van der Waals surface area contributed by atoms with Crippen LogP contribution in [0.2, 0.25) is 5.15 Å². The number of methoxy groups -OCH3 is 6. The van der Waals surface area contributed by atoms with Gasteiger partial charge in [-0.15, -0.1) is 0 Å². The number of hydrogen-bond donors (Lipinski definition) is 4. The first-order chi connectivity index (χ1) is 42.9. The number of rotatable bonds is 13. The van der Waals surface area contributed by atoms with Crippen molar-refractivity contribution < 1.29 is 98.4 Å². The third-order valence-electron chi connectivity index (χ3n) is 11.0. The Balaban J connectivity index is 0.000000277. The van der Waals surface area contributed by atoms with E-state index in [9.17, 15) is 59.5 Å². The molecule has 0 spiro atoms. The van der Waals surface area contributed by atoms with Crippen LogP contribution in [-0.2, 0) is 19.2 Å². The molecule has 0 aliphatic rings. The van der Waals surface area contributed by atoms with Gasteiger partial charge in [-0.05, 0) is 102 Å². The average Bonchev–Trinajstić information content (AvgIpc) is 1.10. The summed E-state index contributed by atoms with van der Waals surface area (Å²) in [6.07, 6.45) is 8.98. The molecule has 0 saturated heterocycles. The standard InChI is InChI=1S/C10H7ClFNO.C10H7F2NO.C10H8FN3O2.C10H8FNO2.C10H9FO3.C8H7FO2.C3H4O4/c1-14-9-5-6(12)4-8-7(9)2-3-13-10(8)11;1-14-9-5-6(11)4-8-7(9)2-3-13-10(8)12;1-16-9-6-8(11)4-2-7(9)3-5-10(15)13-14-12;1-14-9-5-6(11)4-8-7(9)2-3-12-10(8)13;1-14-9-6-8(11)4-2-7(9)3-5-10(12)13;1-11-8-4-7(9)3-2-6(8)5-10;4-2(5)1-3(6)7/h2*2-5H,1H3;2-6H,1H3;2-5H,1H3,(H,12,13);2-6H,1H3,(H,12,13);2-5H,1H3;1H2,(H,4,5)(H,6,7)/b;;5-3+;;5-3+;;. The van der Waals surface area contributed by atoms with Crippen LogP contribution in [0.15, 0.2) is 150 Å². The van der Waals surface area contributed by atoms with Crippen LogP contribution >= 0.6 is 11.6 Å². The Bertz CT molecular complexity index is 4070. The number of carboxylic acids is 3. The molecule has 0 fully saturated rings. The summed E-state index contributed by atoms with van der Waals surface area (Å²) >= 11 is 5.82. The van der Waals surface area contributed by atoms with Gasteiger partial charge >= 0.3 is 17.9 Å². The number of fused-ring (bicyclic) bond motifs is 3. The third-order valence-corrected chi connectivity index (χ3v) is 11.3. The molecule has 0 atom stereocenters. The molecule has 4 N–H and O–H groups in total. The van der Waals surface area contributed by atoms with Crippen LogP contribution in [0, 0.1) is 40.9 Å². The Morgan fingerprint density at radius 3 is 1.33 bits per heavy atom. The Morgan fingerprint density at radius 2 is 0.911 bits per heavy atom. The first kappa shape index (κ1) is 72.7. The minimum Gasteiger partial charge on any atom is -0.496 e. The van der Waals surface area contributed by atoms with E-state index in [1.165, 1.54) is 152 Å². The first-order valence-corrected chi connectivity index (χ1v) is 25.2. The molecule has 21 nitrogen and oxygen atoms in total. The summed E-state index contributed by atoms with van der Waals surface area (Å²) < 4.78 is 120. The van der Waals surface area contributed by atoms with Crippen molar-refractivity contribution in [1.82, 2.24) is 15.0 Å². The van der Waals surface area contributed by atoms with E-state index in [4.69, 9.17) is 60.9 Å². The number of aromatic nitrogens is 3. The number of benzene rings is 6. The zero-order chi connectivity index (χ0) is 67.0. The molecule has 0 aliphatic heterocycles. The van der Waals surface area contributed by atoms with Crippen molar-refractivity contribution in [1.29, 1.82) is 0 Å². The number of nitrogens with one attached hydrogen (secondary N) is 1. The van der Waals surface area contributed by atoms with Gasteiger partial charge in [0.15, 0.2) is 6.29 Å². The van der Waals surface area contributed by atoms with Gasteiger partial charge in [0.1, 0.15) is 81.0 Å². The molecule has 0 saturated carbocycles. The van der Waals surface area contributed by atoms with Crippen LogP contribution in [-0.4, -0.2) is 103 Å². The predicted molar refractivity (Wildman–Crippen MR) is 317 cm³/mol. The lowest BCUT2D eigenvalue weighted by atomic mass is 10.1. The number of carbonyl (C=O) groups excluding carboxylic acids is 2. The van der Waals surface area contributed by atoms with Gasteiger partial charge in [-0.2, -0.15) is 4.39 Å². The fourth-order valence-electron chi connectivity index (χ4n) is 7.06. The van der Waals surface area contributed by atoms with Crippen molar-refractivity contribution in [3.05, 3.63) is 223 Å². The van der Waals surface area contributed by atoms with E-state index in [-0.39, 0.29) is 27.7 Å². The molecular formula is C61H50ClF7N6O15. The van der Waals surface area contributed by atoms with Gasteiger partial charge in [-0.1, -0.05) is 11.6 Å². The van der Waals surface area contributed by atoms with Crippen LogP contribution in [0.3, 0.4) is 0 Å². The maximum absolute atomic E-state index is 13.1. The van der Waals surface area contributed by atoms with E-state index in [0.717, 1.165) is 23.6 Å². The van der Waals surface area contributed by atoms with E-state index < -0.39 is 65.3 Å².